The number of amides is 1. The van der Waals surface area contributed by atoms with Crippen LogP contribution >= 0.6 is 11.6 Å². The molecule has 0 bridgehead atoms. The Labute approximate surface area is 205 Å². The van der Waals surface area contributed by atoms with E-state index < -0.39 is 0 Å². The van der Waals surface area contributed by atoms with E-state index in [9.17, 15) is 9.18 Å². The number of rotatable bonds is 7. The number of benzene rings is 3. The van der Waals surface area contributed by atoms with Gasteiger partial charge in [-0.2, -0.15) is 0 Å². The Hall–Kier alpha value is -2.89. The molecule has 0 spiro atoms. The van der Waals surface area contributed by atoms with E-state index in [0.717, 1.165) is 59.8 Å². The van der Waals surface area contributed by atoms with Crippen LogP contribution in [0.25, 0.3) is 0 Å². The van der Waals surface area contributed by atoms with Crippen LogP contribution in [0.2, 0.25) is 5.02 Å². The van der Waals surface area contributed by atoms with Gasteiger partial charge in [0.1, 0.15) is 5.82 Å². The van der Waals surface area contributed by atoms with E-state index in [1.54, 1.807) is 4.90 Å². The SMILES string of the molecule is COC(=O)N(Cc1ccccc1)Cc1cccc(Cl)c1C1CCN(Cc2ccc(F)cc2)CC1. The van der Waals surface area contributed by atoms with Crippen molar-refractivity contribution in [3.05, 3.63) is 106 Å². The van der Waals surface area contributed by atoms with Crippen LogP contribution in [-0.2, 0) is 24.4 Å². The second-order valence-electron chi connectivity index (χ2n) is 8.80. The first kappa shape index (κ1) is 24.2. The lowest BCUT2D eigenvalue weighted by atomic mass is 9.86. The molecule has 1 heterocycles. The van der Waals surface area contributed by atoms with Crippen LogP contribution in [0.5, 0.6) is 0 Å². The van der Waals surface area contributed by atoms with Gasteiger partial charge in [-0.25, -0.2) is 9.18 Å². The smallest absolute Gasteiger partial charge is 0.410 e. The predicted molar refractivity (Wildman–Crippen MR) is 133 cm³/mol. The number of piperidine rings is 1. The van der Waals surface area contributed by atoms with E-state index in [-0.39, 0.29) is 11.9 Å². The summed E-state index contributed by atoms with van der Waals surface area (Å²) in [5, 5.41) is 0.749. The average molecular weight is 481 g/mol. The lowest BCUT2D eigenvalue weighted by Crippen LogP contribution is -2.34. The number of hydrogen-bond donors (Lipinski definition) is 0. The summed E-state index contributed by atoms with van der Waals surface area (Å²) in [6.45, 7) is 3.60. The lowest BCUT2D eigenvalue weighted by Gasteiger charge is -2.34. The third kappa shape index (κ3) is 6.16. The van der Waals surface area contributed by atoms with Gasteiger partial charge in [0.05, 0.1) is 7.11 Å². The zero-order valence-corrected chi connectivity index (χ0v) is 20.2. The topological polar surface area (TPSA) is 32.8 Å². The molecule has 1 aliphatic heterocycles. The molecule has 0 aromatic heterocycles. The summed E-state index contributed by atoms with van der Waals surface area (Å²) < 4.78 is 18.3. The number of carbonyl (C=O) groups excluding carboxylic acids is 1. The molecular formula is C28H30ClFN2O2. The van der Waals surface area contributed by atoms with Crippen LogP contribution < -0.4 is 0 Å². The minimum absolute atomic E-state index is 0.207. The number of hydrogen-bond acceptors (Lipinski definition) is 3. The number of likely N-dealkylation sites (tertiary alicyclic amines) is 1. The van der Waals surface area contributed by atoms with Gasteiger partial charge in [-0.05, 0) is 72.3 Å². The van der Waals surface area contributed by atoms with E-state index in [4.69, 9.17) is 16.3 Å². The highest BCUT2D eigenvalue weighted by Crippen LogP contribution is 2.36. The van der Waals surface area contributed by atoms with Gasteiger partial charge in [-0.3, -0.25) is 9.80 Å². The first-order valence-electron chi connectivity index (χ1n) is 11.6. The molecule has 0 radical (unpaired) electrons. The molecule has 0 aliphatic carbocycles. The Bertz CT molecular complexity index is 1080. The first-order chi connectivity index (χ1) is 16.5. The van der Waals surface area contributed by atoms with Gasteiger partial charge in [0.2, 0.25) is 0 Å². The van der Waals surface area contributed by atoms with Crippen molar-refractivity contribution in [2.75, 3.05) is 20.2 Å². The molecule has 34 heavy (non-hydrogen) atoms. The van der Waals surface area contributed by atoms with E-state index in [1.807, 2.05) is 54.6 Å². The Morgan fingerprint density at radius 1 is 0.971 bits per heavy atom. The molecule has 0 N–H and O–H groups in total. The molecule has 0 saturated carbocycles. The zero-order chi connectivity index (χ0) is 23.9. The van der Waals surface area contributed by atoms with Crippen molar-refractivity contribution in [3.63, 3.8) is 0 Å². The highest BCUT2D eigenvalue weighted by atomic mass is 35.5. The molecule has 6 heteroatoms. The largest absolute Gasteiger partial charge is 0.453 e. The Kier molecular flexibility index (Phi) is 8.20. The van der Waals surface area contributed by atoms with Crippen LogP contribution in [0.1, 0.15) is 41.0 Å². The van der Waals surface area contributed by atoms with Crippen molar-refractivity contribution in [2.45, 2.75) is 38.4 Å². The molecule has 0 atom stereocenters. The van der Waals surface area contributed by atoms with Crippen LogP contribution in [0.3, 0.4) is 0 Å². The van der Waals surface area contributed by atoms with Crippen molar-refractivity contribution < 1.29 is 13.9 Å². The maximum Gasteiger partial charge on any atom is 0.410 e. The summed E-state index contributed by atoms with van der Waals surface area (Å²) in [7, 11) is 1.41. The predicted octanol–water partition coefficient (Wildman–Crippen LogP) is 6.63. The standard InChI is InChI=1S/C28H30ClFN2O2/c1-34-28(33)32(19-21-6-3-2-4-7-21)20-24-8-5-9-26(29)27(24)23-14-16-31(17-15-23)18-22-10-12-25(30)13-11-22/h2-13,23H,14-20H2,1H3. The normalized spacial score (nSPS) is 14.7. The van der Waals surface area contributed by atoms with Gasteiger partial charge >= 0.3 is 6.09 Å². The fraction of sp³-hybridized carbons (Fsp3) is 0.321. The monoisotopic (exact) mass is 480 g/mol. The van der Waals surface area contributed by atoms with Crippen LogP contribution in [0.15, 0.2) is 72.8 Å². The number of carbonyl (C=O) groups is 1. The molecule has 1 fully saturated rings. The number of ether oxygens (including phenoxy) is 1. The van der Waals surface area contributed by atoms with Gasteiger partial charge in [-0.1, -0.05) is 66.2 Å². The molecule has 3 aromatic rings. The average Bonchev–Trinajstić information content (AvgIpc) is 2.86. The molecular weight excluding hydrogens is 451 g/mol. The molecule has 4 rings (SSSR count). The molecule has 1 saturated heterocycles. The minimum atomic E-state index is -0.358. The van der Waals surface area contributed by atoms with Crippen molar-refractivity contribution in [3.8, 4) is 0 Å². The second kappa shape index (κ2) is 11.5. The van der Waals surface area contributed by atoms with Crippen molar-refractivity contribution in [2.24, 2.45) is 0 Å². The Morgan fingerprint density at radius 3 is 2.35 bits per heavy atom. The fourth-order valence-electron chi connectivity index (χ4n) is 4.73. The van der Waals surface area contributed by atoms with Crippen LogP contribution in [-0.4, -0.2) is 36.1 Å². The molecule has 178 valence electrons. The lowest BCUT2D eigenvalue weighted by molar-refractivity contribution is 0.117. The minimum Gasteiger partial charge on any atom is -0.453 e. The Balaban J connectivity index is 1.47. The van der Waals surface area contributed by atoms with Gasteiger partial charge < -0.3 is 4.74 Å². The molecule has 1 amide bonds. The van der Waals surface area contributed by atoms with Crippen molar-refractivity contribution in [1.82, 2.24) is 9.80 Å². The van der Waals surface area contributed by atoms with Gasteiger partial charge in [0, 0.05) is 24.7 Å². The zero-order valence-electron chi connectivity index (χ0n) is 19.4. The summed E-state index contributed by atoms with van der Waals surface area (Å²) in [6, 6.07) is 22.6. The maximum absolute atomic E-state index is 13.2. The van der Waals surface area contributed by atoms with E-state index in [1.165, 1.54) is 19.2 Å². The number of halogens is 2. The summed E-state index contributed by atoms with van der Waals surface area (Å²) >= 11 is 6.72. The molecule has 0 unspecified atom stereocenters. The highest BCUT2D eigenvalue weighted by molar-refractivity contribution is 6.31. The quantitative estimate of drug-likeness (QED) is 0.380. The van der Waals surface area contributed by atoms with E-state index in [2.05, 4.69) is 11.0 Å². The highest BCUT2D eigenvalue weighted by Gasteiger charge is 2.26. The molecule has 1 aliphatic rings. The second-order valence-corrected chi connectivity index (χ2v) is 9.21. The molecule has 4 nitrogen and oxygen atoms in total. The van der Waals surface area contributed by atoms with E-state index in [0.29, 0.717) is 19.0 Å². The van der Waals surface area contributed by atoms with E-state index >= 15 is 0 Å². The Morgan fingerprint density at radius 2 is 1.68 bits per heavy atom. The number of nitrogens with zero attached hydrogens (tertiary/aromatic N) is 2. The summed E-state index contributed by atoms with van der Waals surface area (Å²) in [4.78, 5) is 16.7. The summed E-state index contributed by atoms with van der Waals surface area (Å²) in [6.07, 6.45) is 1.60. The van der Waals surface area contributed by atoms with Gasteiger partial charge in [-0.15, -0.1) is 0 Å². The first-order valence-corrected chi connectivity index (χ1v) is 12.0. The third-order valence-corrected chi connectivity index (χ3v) is 6.80. The summed E-state index contributed by atoms with van der Waals surface area (Å²) in [5.41, 5.74) is 4.36. The third-order valence-electron chi connectivity index (χ3n) is 6.47. The number of methoxy groups -OCH3 is 1. The molecule has 3 aromatic carbocycles. The summed E-state index contributed by atoms with van der Waals surface area (Å²) in [5.74, 6) is 0.117. The van der Waals surface area contributed by atoms with Gasteiger partial charge in [0.15, 0.2) is 0 Å². The van der Waals surface area contributed by atoms with Crippen LogP contribution in [0, 0.1) is 5.82 Å². The maximum atomic E-state index is 13.2. The fourth-order valence-corrected chi connectivity index (χ4v) is 5.08. The van der Waals surface area contributed by atoms with Crippen molar-refractivity contribution in [1.29, 1.82) is 0 Å². The van der Waals surface area contributed by atoms with Gasteiger partial charge in [0.25, 0.3) is 0 Å². The van der Waals surface area contributed by atoms with Crippen LogP contribution in [0.4, 0.5) is 9.18 Å². The van der Waals surface area contributed by atoms with Crippen molar-refractivity contribution >= 4 is 17.7 Å².